The summed E-state index contributed by atoms with van der Waals surface area (Å²) in [5.41, 5.74) is 1.20. The second kappa shape index (κ2) is 12.3. The van der Waals surface area contributed by atoms with Crippen molar-refractivity contribution in [2.45, 2.75) is 56.9 Å². The van der Waals surface area contributed by atoms with Gasteiger partial charge in [-0.15, -0.1) is 0 Å². The molecule has 226 valence electrons. The van der Waals surface area contributed by atoms with E-state index in [1.165, 1.54) is 0 Å². The summed E-state index contributed by atoms with van der Waals surface area (Å²) in [7, 11) is 0. The van der Waals surface area contributed by atoms with Gasteiger partial charge in [0.05, 0.1) is 28.6 Å². The number of fused-ring (bicyclic) bond motifs is 2. The van der Waals surface area contributed by atoms with Crippen LogP contribution in [-0.4, -0.2) is 76.6 Å². The van der Waals surface area contributed by atoms with Gasteiger partial charge in [-0.2, -0.15) is 0 Å². The van der Waals surface area contributed by atoms with Gasteiger partial charge >= 0.3 is 0 Å². The molecule has 2 fully saturated rings. The fraction of sp³-hybridized carbons (Fsp3) is 0.441. The molecule has 1 spiro atoms. The van der Waals surface area contributed by atoms with Crippen LogP contribution in [0.4, 0.5) is 5.69 Å². The van der Waals surface area contributed by atoms with E-state index < -0.39 is 29.6 Å². The number of carbonyl (C=O) groups is 3. The van der Waals surface area contributed by atoms with Gasteiger partial charge in [0, 0.05) is 32.8 Å². The van der Waals surface area contributed by atoms with Gasteiger partial charge < -0.3 is 24.5 Å². The van der Waals surface area contributed by atoms with Crippen LogP contribution >= 0.6 is 11.6 Å². The number of benzene rings is 2. The molecule has 3 amide bonds. The molecule has 8 nitrogen and oxygen atoms in total. The van der Waals surface area contributed by atoms with Crippen molar-refractivity contribution in [2.75, 3.05) is 31.1 Å². The Kier molecular flexibility index (Phi) is 8.45. The van der Waals surface area contributed by atoms with Crippen molar-refractivity contribution in [2.24, 2.45) is 11.8 Å². The molecule has 1 unspecified atom stereocenters. The highest BCUT2D eigenvalue weighted by molar-refractivity contribution is 6.34. The molecule has 6 rings (SSSR count). The molecule has 4 aliphatic rings. The molecule has 0 saturated carbocycles. The number of hydrogen-bond acceptors (Lipinski definition) is 5. The van der Waals surface area contributed by atoms with Gasteiger partial charge in [-0.05, 0) is 37.0 Å². The van der Waals surface area contributed by atoms with Crippen LogP contribution in [0.3, 0.4) is 0 Å². The number of para-hydroxylation sites is 1. The molecule has 5 atom stereocenters. The Labute approximate surface area is 257 Å². The lowest BCUT2D eigenvalue weighted by Gasteiger charge is -2.36. The summed E-state index contributed by atoms with van der Waals surface area (Å²) >= 11 is 6.64. The third-order valence-corrected chi connectivity index (χ3v) is 9.53. The number of unbranched alkanes of at least 4 members (excludes halogenated alkanes) is 3. The maximum Gasteiger partial charge on any atom is 0.253 e. The Morgan fingerprint density at radius 2 is 1.72 bits per heavy atom. The molecule has 0 aliphatic carbocycles. The predicted octanol–water partition coefficient (Wildman–Crippen LogP) is 4.28. The number of nitrogens with zero attached hydrogens (tertiary/aromatic N) is 3. The summed E-state index contributed by atoms with van der Waals surface area (Å²) in [5.74, 6) is -2.20. The summed E-state index contributed by atoms with van der Waals surface area (Å²) in [6.07, 6.45) is 9.96. The summed E-state index contributed by atoms with van der Waals surface area (Å²) in [5, 5.41) is 9.67. The largest absolute Gasteiger partial charge is 0.396 e. The molecule has 4 heterocycles. The number of rotatable bonds is 9. The maximum atomic E-state index is 14.6. The summed E-state index contributed by atoms with van der Waals surface area (Å²) < 4.78 is 6.77. The van der Waals surface area contributed by atoms with Crippen LogP contribution in [-0.2, 0) is 25.7 Å². The van der Waals surface area contributed by atoms with Crippen molar-refractivity contribution in [1.82, 2.24) is 9.80 Å². The van der Waals surface area contributed by atoms with Gasteiger partial charge in [0.25, 0.3) is 5.91 Å². The Morgan fingerprint density at radius 1 is 0.930 bits per heavy atom. The van der Waals surface area contributed by atoms with Gasteiger partial charge in [-0.3, -0.25) is 14.4 Å². The second-order valence-electron chi connectivity index (χ2n) is 11.9. The van der Waals surface area contributed by atoms with Gasteiger partial charge in [0.15, 0.2) is 0 Å². The van der Waals surface area contributed by atoms with Crippen molar-refractivity contribution in [3.8, 4) is 0 Å². The Balaban J connectivity index is 1.38. The van der Waals surface area contributed by atoms with Crippen LogP contribution in [0.15, 0.2) is 72.8 Å². The lowest BCUT2D eigenvalue weighted by Crippen LogP contribution is -2.55. The zero-order valence-electron chi connectivity index (χ0n) is 24.4. The molecule has 43 heavy (non-hydrogen) atoms. The van der Waals surface area contributed by atoms with Crippen molar-refractivity contribution < 1.29 is 24.2 Å². The van der Waals surface area contributed by atoms with Gasteiger partial charge in [0.1, 0.15) is 11.6 Å². The van der Waals surface area contributed by atoms with Crippen LogP contribution in [0.1, 0.15) is 36.8 Å². The Hall–Kier alpha value is -3.46. The highest BCUT2D eigenvalue weighted by Gasteiger charge is 2.71. The van der Waals surface area contributed by atoms with Gasteiger partial charge in [-0.1, -0.05) is 91.2 Å². The van der Waals surface area contributed by atoms with E-state index in [1.807, 2.05) is 73.7 Å². The average molecular weight is 604 g/mol. The first kappa shape index (κ1) is 29.6. The van der Waals surface area contributed by atoms with E-state index in [-0.39, 0.29) is 30.9 Å². The number of amides is 3. The number of likely N-dealkylation sites (tertiary alicyclic amines) is 1. The quantitative estimate of drug-likeness (QED) is 0.341. The van der Waals surface area contributed by atoms with Crippen molar-refractivity contribution >= 4 is 35.0 Å². The van der Waals surface area contributed by atoms with Crippen LogP contribution in [0.25, 0.3) is 0 Å². The smallest absolute Gasteiger partial charge is 0.253 e. The number of anilines is 1. The standard InChI is InChI=1S/C34H38ClN3O5/c1-23-12-9-15-25(35)29(23)37-20-11-17-34-28(32(41)38(30(34)33(37)42)19-7-2-3-8-21-39)27-26(43-34)16-10-18-36(31(27)40)22-24-13-5-4-6-14-24/h4-6,9-17,26-28,30,39H,2-3,7-8,18-22H2,1H3/t26-,27+,28-,30?,34-/m0/s1. The zero-order chi connectivity index (χ0) is 30.1. The van der Waals surface area contributed by atoms with Crippen LogP contribution in [0.2, 0.25) is 5.02 Å². The minimum absolute atomic E-state index is 0.123. The highest BCUT2D eigenvalue weighted by Crippen LogP contribution is 2.54. The van der Waals surface area contributed by atoms with E-state index >= 15 is 0 Å². The molecule has 1 N–H and O–H groups in total. The topological polar surface area (TPSA) is 90.4 Å². The molecule has 9 heteroatoms. The maximum absolute atomic E-state index is 14.6. The summed E-state index contributed by atoms with van der Waals surface area (Å²) in [4.78, 5) is 48.4. The van der Waals surface area contributed by atoms with E-state index in [9.17, 15) is 19.5 Å². The summed E-state index contributed by atoms with van der Waals surface area (Å²) in [6.45, 7) is 3.52. The first-order valence-corrected chi connectivity index (χ1v) is 15.6. The third-order valence-electron chi connectivity index (χ3n) is 9.22. The monoisotopic (exact) mass is 603 g/mol. The van der Waals surface area contributed by atoms with Crippen LogP contribution in [0.5, 0.6) is 0 Å². The number of ether oxygens (including phenoxy) is 1. The van der Waals surface area contributed by atoms with Crippen molar-refractivity contribution in [3.63, 3.8) is 0 Å². The normalized spacial score (nSPS) is 28.2. The average Bonchev–Trinajstić information content (AvgIpc) is 3.31. The Bertz CT molecular complexity index is 1420. The number of aryl methyl sites for hydroxylation is 1. The molecule has 2 aromatic carbocycles. The van der Waals surface area contributed by atoms with E-state index in [0.717, 1.165) is 24.0 Å². The number of aliphatic hydroxyl groups excluding tert-OH is 1. The van der Waals surface area contributed by atoms with Crippen LogP contribution < -0.4 is 4.90 Å². The molecule has 0 bridgehead atoms. The van der Waals surface area contributed by atoms with E-state index in [1.54, 1.807) is 20.8 Å². The van der Waals surface area contributed by atoms with Gasteiger partial charge in [-0.25, -0.2) is 0 Å². The highest BCUT2D eigenvalue weighted by atomic mass is 35.5. The molecule has 4 aliphatic heterocycles. The fourth-order valence-corrected chi connectivity index (χ4v) is 7.61. The first-order chi connectivity index (χ1) is 20.9. The zero-order valence-corrected chi connectivity index (χ0v) is 25.2. The molecule has 2 saturated heterocycles. The minimum Gasteiger partial charge on any atom is -0.396 e. The van der Waals surface area contributed by atoms with Gasteiger partial charge in [0.2, 0.25) is 11.8 Å². The molecule has 0 radical (unpaired) electrons. The molecule has 2 aromatic rings. The van der Waals surface area contributed by atoms with E-state index in [2.05, 4.69) is 0 Å². The molecular weight excluding hydrogens is 566 g/mol. The number of halogens is 1. The SMILES string of the molecule is Cc1cccc(Cl)c1N1CC=C[C@]23O[C@H]4C=CCN(Cc5ccccc5)C(=O)[C@H]4[C@H]2C(=O)N(CCCCCCO)C3C1=O. The first-order valence-electron chi connectivity index (χ1n) is 15.2. The number of hydrogen-bond donors (Lipinski definition) is 1. The molecular formula is C34H38ClN3O5. The van der Waals surface area contributed by atoms with Crippen LogP contribution in [0, 0.1) is 18.8 Å². The third kappa shape index (κ3) is 5.19. The number of carbonyl (C=O) groups excluding carboxylic acids is 3. The van der Waals surface area contributed by atoms with E-state index in [0.29, 0.717) is 43.2 Å². The second-order valence-corrected chi connectivity index (χ2v) is 12.3. The van der Waals surface area contributed by atoms with Crippen molar-refractivity contribution in [1.29, 1.82) is 0 Å². The lowest BCUT2D eigenvalue weighted by molar-refractivity contribution is -0.144. The number of aliphatic hydroxyl groups is 1. The minimum atomic E-state index is -1.28. The van der Waals surface area contributed by atoms with E-state index in [4.69, 9.17) is 16.3 Å². The lowest BCUT2D eigenvalue weighted by atomic mass is 9.77. The summed E-state index contributed by atoms with van der Waals surface area (Å²) in [6, 6.07) is 14.4. The van der Waals surface area contributed by atoms with Crippen molar-refractivity contribution in [3.05, 3.63) is 89.0 Å². The molecule has 0 aromatic heterocycles. The fourth-order valence-electron chi connectivity index (χ4n) is 7.29. The predicted molar refractivity (Wildman–Crippen MR) is 164 cm³/mol. The Morgan fingerprint density at radius 3 is 2.49 bits per heavy atom.